The largest absolute Gasteiger partial charge is 0.540 e. The molecule has 0 N–H and O–H groups in total. The Hall–Kier alpha value is -1.54. The summed E-state index contributed by atoms with van der Waals surface area (Å²) in [6.07, 6.45) is 5.11. The molecule has 0 amide bonds. The van der Waals surface area contributed by atoms with Crippen LogP contribution in [0.15, 0.2) is 0 Å². The highest BCUT2D eigenvalue weighted by atomic mass is 17.2. The van der Waals surface area contributed by atoms with Gasteiger partial charge in [0.05, 0.1) is 0 Å². The summed E-state index contributed by atoms with van der Waals surface area (Å²) < 4.78 is 9.85. The number of unbranched alkanes of at least 4 members (excludes halogenated alkanes) is 4. The first-order valence-corrected chi connectivity index (χ1v) is 10.6. The molecule has 0 aromatic rings. The molecule has 1 atom stereocenters. The van der Waals surface area contributed by atoms with Gasteiger partial charge in [0, 0.05) is 0 Å². The molecule has 0 aliphatic heterocycles. The van der Waals surface area contributed by atoms with E-state index in [4.69, 9.17) is 24.1 Å². The second-order valence-electron chi connectivity index (χ2n) is 8.51. The summed E-state index contributed by atoms with van der Waals surface area (Å²) in [5.41, 5.74) is -1.19. The van der Waals surface area contributed by atoms with Crippen molar-refractivity contribution in [3.63, 3.8) is 0 Å². The van der Waals surface area contributed by atoms with E-state index in [0.29, 0.717) is 0 Å². The lowest BCUT2D eigenvalue weighted by atomic mass is 10.0. The van der Waals surface area contributed by atoms with Gasteiger partial charge in [0.1, 0.15) is 23.9 Å². The Kier molecular flexibility index (Phi) is 13.7. The summed E-state index contributed by atoms with van der Waals surface area (Å²) in [6, 6.07) is 0. The molecule has 0 saturated carbocycles. The maximum Gasteiger partial charge on any atom is 0.540 e. The van der Waals surface area contributed by atoms with Crippen molar-refractivity contribution in [1.29, 1.82) is 0 Å². The van der Waals surface area contributed by atoms with Crippen molar-refractivity contribution in [3.05, 3.63) is 0 Å². The second-order valence-corrected chi connectivity index (χ2v) is 8.51. The molecule has 0 aliphatic carbocycles. The van der Waals surface area contributed by atoms with Crippen LogP contribution in [-0.2, 0) is 29.0 Å². The Balaban J connectivity index is 4.02. The molecule has 0 aromatic heterocycles. The Bertz CT molecular complexity index is 462. The normalized spacial score (nSPS) is 12.9. The van der Waals surface area contributed by atoms with Crippen LogP contribution in [-0.4, -0.2) is 36.2 Å². The number of carbonyl (C=O) groups excluding carboxylic acids is 2. The highest BCUT2D eigenvalue weighted by Crippen LogP contribution is 2.20. The van der Waals surface area contributed by atoms with Gasteiger partial charge in [-0.15, -0.1) is 0 Å². The predicted molar refractivity (Wildman–Crippen MR) is 108 cm³/mol. The summed E-state index contributed by atoms with van der Waals surface area (Å²) in [6.45, 7) is 12.9. The van der Waals surface area contributed by atoms with Gasteiger partial charge in [0.15, 0.2) is 0 Å². The topological polar surface area (TPSA) is 89.5 Å². The quantitative estimate of drug-likeness (QED) is 0.133. The molecule has 0 rings (SSSR count). The van der Waals surface area contributed by atoms with Crippen LogP contribution in [0.5, 0.6) is 0 Å². The summed E-state index contributed by atoms with van der Waals surface area (Å²) in [7, 11) is 0. The number of ether oxygens (including phenoxy) is 2. The van der Waals surface area contributed by atoms with Gasteiger partial charge in [-0.05, 0) is 47.5 Å². The van der Waals surface area contributed by atoms with Crippen molar-refractivity contribution < 1.29 is 38.6 Å². The fraction of sp³-hybridized carbons (Fsp3) is 0.905. The SMILES string of the molecule is CCCCCC(C)(C)OOC(=O)OCC(C)OC(=O)OOC(C)(C)CCCCC. The van der Waals surface area contributed by atoms with Gasteiger partial charge in [-0.25, -0.2) is 9.59 Å². The van der Waals surface area contributed by atoms with Crippen LogP contribution in [0.2, 0.25) is 0 Å². The molecule has 0 saturated heterocycles. The van der Waals surface area contributed by atoms with E-state index in [0.717, 1.165) is 51.4 Å². The van der Waals surface area contributed by atoms with E-state index < -0.39 is 29.6 Å². The number of hydrogen-bond acceptors (Lipinski definition) is 8. The Morgan fingerprint density at radius 3 is 1.66 bits per heavy atom. The van der Waals surface area contributed by atoms with E-state index in [1.807, 2.05) is 27.7 Å². The Labute approximate surface area is 175 Å². The highest BCUT2D eigenvalue weighted by molar-refractivity contribution is 5.60. The monoisotopic (exact) mass is 420 g/mol. The van der Waals surface area contributed by atoms with Crippen LogP contribution in [0.25, 0.3) is 0 Å². The van der Waals surface area contributed by atoms with Crippen LogP contribution in [0.4, 0.5) is 9.59 Å². The standard InChI is InChI=1S/C21H40O8/c1-8-10-12-14-20(4,5)28-26-18(22)24-16-17(3)25-19(23)27-29-21(6,7)15-13-11-9-2/h17H,8-16H2,1-7H3. The molecule has 0 spiro atoms. The first-order valence-electron chi connectivity index (χ1n) is 10.6. The predicted octanol–water partition coefficient (Wildman–Crippen LogP) is 6.26. The van der Waals surface area contributed by atoms with E-state index in [9.17, 15) is 9.59 Å². The van der Waals surface area contributed by atoms with Crippen LogP contribution >= 0.6 is 0 Å². The summed E-state index contributed by atoms with van der Waals surface area (Å²) in [4.78, 5) is 43.0. The second kappa shape index (κ2) is 14.4. The van der Waals surface area contributed by atoms with Crippen molar-refractivity contribution in [2.45, 2.75) is 117 Å². The maximum atomic E-state index is 11.7. The fourth-order valence-corrected chi connectivity index (χ4v) is 2.41. The van der Waals surface area contributed by atoms with Crippen molar-refractivity contribution in [3.8, 4) is 0 Å². The van der Waals surface area contributed by atoms with Gasteiger partial charge < -0.3 is 9.47 Å². The first-order chi connectivity index (χ1) is 13.5. The van der Waals surface area contributed by atoms with Gasteiger partial charge in [-0.1, -0.05) is 52.4 Å². The zero-order valence-corrected chi connectivity index (χ0v) is 19.2. The average Bonchev–Trinajstić information content (AvgIpc) is 2.63. The Morgan fingerprint density at radius 1 is 0.759 bits per heavy atom. The molecule has 29 heavy (non-hydrogen) atoms. The van der Waals surface area contributed by atoms with Gasteiger partial charge in [-0.3, -0.25) is 9.78 Å². The van der Waals surface area contributed by atoms with Crippen molar-refractivity contribution in [2.75, 3.05) is 6.61 Å². The van der Waals surface area contributed by atoms with Gasteiger partial charge in [0.2, 0.25) is 0 Å². The smallest absolute Gasteiger partial charge is 0.428 e. The molecule has 0 heterocycles. The van der Waals surface area contributed by atoms with E-state index in [2.05, 4.69) is 18.7 Å². The van der Waals surface area contributed by atoms with Crippen LogP contribution < -0.4 is 0 Å². The van der Waals surface area contributed by atoms with Crippen molar-refractivity contribution in [1.82, 2.24) is 0 Å². The zero-order valence-electron chi connectivity index (χ0n) is 19.2. The molecule has 0 aromatic carbocycles. The van der Waals surface area contributed by atoms with Crippen molar-refractivity contribution >= 4 is 12.3 Å². The lowest BCUT2D eigenvalue weighted by Crippen LogP contribution is -2.29. The molecule has 0 fully saturated rings. The summed E-state index contributed by atoms with van der Waals surface area (Å²) in [5.74, 6) is 0. The van der Waals surface area contributed by atoms with E-state index in [1.165, 1.54) is 0 Å². The molecule has 8 heteroatoms. The van der Waals surface area contributed by atoms with Crippen molar-refractivity contribution in [2.24, 2.45) is 0 Å². The van der Waals surface area contributed by atoms with Gasteiger partial charge in [-0.2, -0.15) is 9.78 Å². The molecule has 0 aliphatic rings. The lowest BCUT2D eigenvalue weighted by Gasteiger charge is -2.23. The fourth-order valence-electron chi connectivity index (χ4n) is 2.41. The minimum absolute atomic E-state index is 0.201. The van der Waals surface area contributed by atoms with Gasteiger partial charge >= 0.3 is 12.3 Å². The third-order valence-corrected chi connectivity index (χ3v) is 4.17. The van der Waals surface area contributed by atoms with E-state index >= 15 is 0 Å². The number of rotatable bonds is 15. The van der Waals surface area contributed by atoms with E-state index in [-0.39, 0.29) is 6.61 Å². The average molecular weight is 421 g/mol. The molecular weight excluding hydrogens is 380 g/mol. The number of carbonyl (C=O) groups is 2. The van der Waals surface area contributed by atoms with Crippen LogP contribution in [0.3, 0.4) is 0 Å². The zero-order chi connectivity index (χ0) is 22.3. The molecule has 8 nitrogen and oxygen atoms in total. The maximum absolute atomic E-state index is 11.7. The van der Waals surface area contributed by atoms with Gasteiger partial charge in [0.25, 0.3) is 0 Å². The summed E-state index contributed by atoms with van der Waals surface area (Å²) in [5, 5.41) is 0. The molecule has 0 bridgehead atoms. The summed E-state index contributed by atoms with van der Waals surface area (Å²) >= 11 is 0. The minimum atomic E-state index is -0.995. The molecular formula is C21H40O8. The third-order valence-electron chi connectivity index (χ3n) is 4.17. The minimum Gasteiger partial charge on any atom is -0.428 e. The van der Waals surface area contributed by atoms with E-state index in [1.54, 1.807) is 6.92 Å². The highest BCUT2D eigenvalue weighted by Gasteiger charge is 2.25. The molecule has 172 valence electrons. The van der Waals surface area contributed by atoms with Crippen LogP contribution in [0, 0.1) is 0 Å². The van der Waals surface area contributed by atoms with Crippen LogP contribution in [0.1, 0.15) is 99.8 Å². The number of hydrogen-bond donors (Lipinski definition) is 0. The molecule has 1 unspecified atom stereocenters. The third kappa shape index (κ3) is 16.0. The molecule has 0 radical (unpaired) electrons. The Morgan fingerprint density at radius 2 is 1.21 bits per heavy atom. The first kappa shape index (κ1) is 27.5. The lowest BCUT2D eigenvalue weighted by molar-refractivity contribution is -0.323.